The molecule has 0 amide bonds. The van der Waals surface area contributed by atoms with Crippen LogP contribution < -0.4 is 0 Å². The van der Waals surface area contributed by atoms with Crippen molar-refractivity contribution in [3.63, 3.8) is 0 Å². The Kier molecular flexibility index (Phi) is 8.93. The van der Waals surface area contributed by atoms with Gasteiger partial charge in [-0.2, -0.15) is 26.3 Å². The molecule has 0 aromatic carbocycles. The van der Waals surface area contributed by atoms with Gasteiger partial charge in [-0.25, -0.2) is 0 Å². The van der Waals surface area contributed by atoms with Gasteiger partial charge >= 0.3 is 21.2 Å². The fraction of sp³-hybridized carbons (Fsp3) is 0.933. The van der Waals surface area contributed by atoms with Crippen molar-refractivity contribution in [2.24, 2.45) is 11.3 Å². The minimum absolute atomic E-state index is 0.108. The van der Waals surface area contributed by atoms with Gasteiger partial charge in [0.2, 0.25) is 0 Å². The lowest BCUT2D eigenvalue weighted by Gasteiger charge is -2.47. The molecule has 0 aromatic heterocycles. The van der Waals surface area contributed by atoms with E-state index in [1.807, 2.05) is 0 Å². The lowest BCUT2D eigenvalue weighted by Crippen LogP contribution is -2.65. The van der Waals surface area contributed by atoms with Crippen LogP contribution in [0.1, 0.15) is 27.2 Å². The van der Waals surface area contributed by atoms with E-state index in [2.05, 4.69) is 0 Å². The summed E-state index contributed by atoms with van der Waals surface area (Å²) < 4.78 is 99.9. The Morgan fingerprint density at radius 1 is 0.786 bits per heavy atom. The highest BCUT2D eigenvalue weighted by molar-refractivity contribution is 6.88. The maximum atomic E-state index is 13.7. The van der Waals surface area contributed by atoms with Crippen molar-refractivity contribution in [1.82, 2.24) is 0 Å². The second-order valence-corrected chi connectivity index (χ2v) is 23.4. The Morgan fingerprint density at radius 2 is 1.11 bits per heavy atom. The first kappa shape index (κ1) is 28.3. The molecule has 13 heteroatoms. The van der Waals surface area contributed by atoms with Crippen LogP contribution in [0.5, 0.6) is 0 Å². The molecule has 0 saturated heterocycles. The molecular formula is C15H33F6O3Si4. The molecule has 0 heterocycles. The van der Waals surface area contributed by atoms with Crippen molar-refractivity contribution in [2.75, 3.05) is 0 Å². The molecule has 0 rings (SSSR count). The predicted octanol–water partition coefficient (Wildman–Crippen LogP) is 5.22. The Bertz CT molecular complexity index is 476. The molecule has 0 atom stereocenters. The van der Waals surface area contributed by atoms with Gasteiger partial charge in [-0.05, 0) is 51.1 Å². The van der Waals surface area contributed by atoms with E-state index in [-0.39, 0.29) is 10.5 Å². The third kappa shape index (κ3) is 9.43. The van der Waals surface area contributed by atoms with Crippen LogP contribution in [-0.2, 0) is 12.3 Å². The van der Waals surface area contributed by atoms with Crippen molar-refractivity contribution in [2.45, 2.75) is 78.8 Å². The van der Waals surface area contributed by atoms with E-state index in [0.717, 1.165) is 0 Å². The molecule has 0 aliphatic heterocycles. The quantitative estimate of drug-likeness (QED) is 0.347. The maximum Gasteiger partial charge on any atom is 0.477 e. The van der Waals surface area contributed by atoms with E-state index in [9.17, 15) is 26.3 Å². The molecule has 0 bridgehead atoms. The van der Waals surface area contributed by atoms with Crippen molar-refractivity contribution in [1.29, 1.82) is 0 Å². The highest BCUT2D eigenvalue weighted by Gasteiger charge is 2.69. The number of hydrogen-bond donors (Lipinski definition) is 0. The molecule has 0 fully saturated rings. The highest BCUT2D eigenvalue weighted by Crippen LogP contribution is 2.52. The van der Waals surface area contributed by atoms with Gasteiger partial charge in [0.05, 0.1) is 5.54 Å². The standard InChI is InChI=1S/C15H33F6O3Si4/c1-13(2,3)10-11(12(14(16,17)18)15(19,20)21)28(22-25,23-26(4,5)6)24-27(7,8)9/h12H,10H2,1-9,25H3. The highest BCUT2D eigenvalue weighted by atomic mass is 28.5. The minimum atomic E-state index is -5.53. The average molecular weight is 488 g/mol. The van der Waals surface area contributed by atoms with Crippen LogP contribution in [0.15, 0.2) is 0 Å². The smallest absolute Gasteiger partial charge is 0.425 e. The van der Waals surface area contributed by atoms with Gasteiger partial charge in [-0.15, -0.1) is 0 Å². The third-order valence-electron chi connectivity index (χ3n) is 3.27. The van der Waals surface area contributed by atoms with Crippen LogP contribution in [0, 0.1) is 16.9 Å². The summed E-state index contributed by atoms with van der Waals surface area (Å²) in [5.41, 5.74) is -1.67. The van der Waals surface area contributed by atoms with Gasteiger partial charge < -0.3 is 12.3 Å². The average Bonchev–Trinajstić information content (AvgIpc) is 2.28. The summed E-state index contributed by atoms with van der Waals surface area (Å²) in [6.07, 6.45) is -11.5. The fourth-order valence-corrected chi connectivity index (χ4v) is 15.4. The van der Waals surface area contributed by atoms with E-state index < -0.39 is 61.1 Å². The van der Waals surface area contributed by atoms with Gasteiger partial charge in [0.25, 0.3) is 0 Å². The zero-order valence-corrected chi connectivity index (χ0v) is 23.3. The van der Waals surface area contributed by atoms with Crippen LogP contribution in [0.2, 0.25) is 39.3 Å². The van der Waals surface area contributed by atoms with Gasteiger partial charge in [-0.1, -0.05) is 20.8 Å². The molecular weight excluding hydrogens is 454 g/mol. The zero-order valence-electron chi connectivity index (χ0n) is 18.3. The van der Waals surface area contributed by atoms with Crippen molar-refractivity contribution in [3.8, 4) is 0 Å². The van der Waals surface area contributed by atoms with Crippen LogP contribution in [0.25, 0.3) is 0 Å². The summed E-state index contributed by atoms with van der Waals surface area (Å²) in [5.74, 6) is -3.65. The molecule has 0 spiro atoms. The fourth-order valence-electron chi connectivity index (χ4n) is 2.71. The van der Waals surface area contributed by atoms with Crippen LogP contribution in [0.4, 0.5) is 26.3 Å². The number of halogens is 6. The molecule has 169 valence electrons. The van der Waals surface area contributed by atoms with Crippen molar-refractivity contribution < 1.29 is 38.7 Å². The molecule has 0 aliphatic rings. The molecule has 0 N–H and O–H groups in total. The van der Waals surface area contributed by atoms with E-state index in [4.69, 9.17) is 12.3 Å². The van der Waals surface area contributed by atoms with Gasteiger partial charge in [0.1, 0.15) is 10.5 Å². The maximum absolute atomic E-state index is 13.7. The van der Waals surface area contributed by atoms with Crippen LogP contribution >= 0.6 is 0 Å². The molecule has 0 unspecified atom stereocenters. The van der Waals surface area contributed by atoms with E-state index in [1.54, 1.807) is 60.1 Å². The van der Waals surface area contributed by atoms with E-state index in [1.165, 1.54) is 0 Å². The topological polar surface area (TPSA) is 27.7 Å². The predicted molar refractivity (Wildman–Crippen MR) is 109 cm³/mol. The summed E-state index contributed by atoms with van der Waals surface area (Å²) >= 11 is 0. The Morgan fingerprint density at radius 3 is 1.29 bits per heavy atom. The van der Waals surface area contributed by atoms with Gasteiger partial charge in [0.15, 0.2) is 22.6 Å². The first-order chi connectivity index (χ1) is 11.9. The second kappa shape index (κ2) is 8.83. The number of rotatable bonds is 8. The second-order valence-electron chi connectivity index (χ2n) is 9.97. The van der Waals surface area contributed by atoms with Gasteiger partial charge in [-0.3, -0.25) is 0 Å². The summed E-state index contributed by atoms with van der Waals surface area (Å²) in [5, 5.41) is 0. The summed E-state index contributed by atoms with van der Waals surface area (Å²) in [4.78, 5) is 0. The number of hydrogen-bond acceptors (Lipinski definition) is 3. The van der Waals surface area contributed by atoms with Gasteiger partial charge in [0, 0.05) is 0 Å². The van der Waals surface area contributed by atoms with Crippen molar-refractivity contribution >= 4 is 35.9 Å². The zero-order chi connectivity index (χ0) is 23.0. The molecule has 0 aromatic rings. The largest absolute Gasteiger partial charge is 0.477 e. The van der Waals surface area contributed by atoms with Crippen LogP contribution in [-0.4, -0.2) is 48.3 Å². The van der Waals surface area contributed by atoms with Crippen LogP contribution in [0.3, 0.4) is 0 Å². The minimum Gasteiger partial charge on any atom is -0.425 e. The molecule has 0 saturated carbocycles. The molecule has 0 aliphatic carbocycles. The molecule has 3 nitrogen and oxygen atoms in total. The Labute approximate surface area is 170 Å². The first-order valence-electron chi connectivity index (χ1n) is 8.89. The SMILES string of the molecule is CC(C)(C)C[C](C(C(F)(F)F)C(F)(F)F)[Si](O[SiH3])(O[Si](C)(C)C)O[Si](C)(C)C. The van der Waals surface area contributed by atoms with Crippen molar-refractivity contribution in [3.05, 3.63) is 5.54 Å². The van der Waals surface area contributed by atoms with E-state index >= 15 is 0 Å². The Balaban J connectivity index is 6.84. The third-order valence-corrected chi connectivity index (χ3v) is 13.7. The normalized spacial score (nSPS) is 15.8. The lowest BCUT2D eigenvalue weighted by molar-refractivity contribution is -0.278. The number of alkyl halides is 6. The lowest BCUT2D eigenvalue weighted by atomic mass is 9.85. The monoisotopic (exact) mass is 487 g/mol. The first-order valence-corrected chi connectivity index (χ1v) is 18.2. The molecule has 1 radical (unpaired) electrons. The van der Waals surface area contributed by atoms with E-state index in [0.29, 0.717) is 0 Å². The summed E-state index contributed by atoms with van der Waals surface area (Å²) in [6, 6.07) is 0. The summed E-state index contributed by atoms with van der Waals surface area (Å²) in [6.45, 7) is 15.0. The summed E-state index contributed by atoms with van der Waals surface area (Å²) in [7, 11) is -9.74. The Hall–Kier alpha value is 0.328. The molecule has 28 heavy (non-hydrogen) atoms.